The van der Waals surface area contributed by atoms with E-state index in [4.69, 9.17) is 17.4 Å². The molecule has 0 fully saturated rings. The van der Waals surface area contributed by atoms with Crippen molar-refractivity contribution in [3.05, 3.63) is 52.3 Å². The van der Waals surface area contributed by atoms with Crippen LogP contribution in [0.15, 0.2) is 30.3 Å². The number of aromatic nitrogens is 2. The number of hydrogen-bond donors (Lipinski definition) is 2. The summed E-state index contributed by atoms with van der Waals surface area (Å²) in [6, 6.07) is 9.97. The zero-order valence-corrected chi connectivity index (χ0v) is 12.7. The number of hydrazine groups is 1. The van der Waals surface area contributed by atoms with Gasteiger partial charge in [0, 0.05) is 11.6 Å². The number of nitrogens with one attached hydrogen (secondary N) is 1. The Morgan fingerprint density at radius 3 is 2.70 bits per heavy atom. The van der Waals surface area contributed by atoms with Crippen molar-refractivity contribution in [1.29, 1.82) is 0 Å². The molecule has 1 aromatic heterocycles. The minimum absolute atomic E-state index is 0.00245. The Morgan fingerprint density at radius 1 is 1.35 bits per heavy atom. The van der Waals surface area contributed by atoms with Gasteiger partial charge in [-0.3, -0.25) is 16.0 Å². The number of hydrogen-bond acceptors (Lipinski definition) is 3. The minimum atomic E-state index is 0.00245. The molecule has 1 aromatic carbocycles. The predicted octanol–water partition coefficient (Wildman–Crippen LogP) is 2.87. The van der Waals surface area contributed by atoms with Crippen LogP contribution in [0.2, 0.25) is 5.02 Å². The largest absolute Gasteiger partial charge is 0.271 e. The molecule has 2 aromatic rings. The van der Waals surface area contributed by atoms with Gasteiger partial charge in [0.1, 0.15) is 0 Å². The molecule has 1 unspecified atom stereocenters. The molecule has 1 atom stereocenters. The highest BCUT2D eigenvalue weighted by Gasteiger charge is 2.17. The van der Waals surface area contributed by atoms with Crippen molar-refractivity contribution >= 4 is 11.6 Å². The summed E-state index contributed by atoms with van der Waals surface area (Å²) in [5.41, 5.74) is 6.16. The number of benzene rings is 1. The maximum atomic E-state index is 6.23. The first-order valence-electron chi connectivity index (χ1n) is 6.95. The second-order valence-corrected chi connectivity index (χ2v) is 5.15. The van der Waals surface area contributed by atoms with Crippen LogP contribution in [0, 0.1) is 0 Å². The van der Waals surface area contributed by atoms with Gasteiger partial charge in [-0.15, -0.1) is 0 Å². The minimum Gasteiger partial charge on any atom is -0.271 e. The number of rotatable bonds is 6. The average molecular weight is 293 g/mol. The molecule has 2 rings (SSSR count). The third kappa shape index (κ3) is 3.20. The van der Waals surface area contributed by atoms with E-state index in [0.29, 0.717) is 0 Å². The van der Waals surface area contributed by atoms with E-state index in [2.05, 4.69) is 30.4 Å². The third-order valence-corrected chi connectivity index (χ3v) is 3.83. The van der Waals surface area contributed by atoms with Gasteiger partial charge in [-0.25, -0.2) is 0 Å². The van der Waals surface area contributed by atoms with Crippen molar-refractivity contribution in [3.8, 4) is 0 Å². The van der Waals surface area contributed by atoms with E-state index in [1.54, 1.807) is 0 Å². The van der Waals surface area contributed by atoms with Crippen molar-refractivity contribution in [2.75, 3.05) is 0 Å². The summed E-state index contributed by atoms with van der Waals surface area (Å²) in [5.74, 6) is 5.74. The second-order valence-electron chi connectivity index (χ2n) is 4.74. The highest BCUT2D eigenvalue weighted by Crippen LogP contribution is 2.23. The fourth-order valence-corrected chi connectivity index (χ4v) is 2.54. The van der Waals surface area contributed by atoms with Gasteiger partial charge in [-0.1, -0.05) is 36.7 Å². The van der Waals surface area contributed by atoms with Gasteiger partial charge in [0.2, 0.25) is 0 Å². The molecule has 5 heteroatoms. The van der Waals surface area contributed by atoms with Gasteiger partial charge in [0.15, 0.2) is 0 Å². The summed E-state index contributed by atoms with van der Waals surface area (Å²) < 4.78 is 2.00. The number of nitrogens with two attached hydrogens (primary N) is 1. The van der Waals surface area contributed by atoms with Crippen molar-refractivity contribution in [1.82, 2.24) is 15.2 Å². The van der Waals surface area contributed by atoms with E-state index in [1.165, 1.54) is 0 Å². The van der Waals surface area contributed by atoms with Gasteiger partial charge in [-0.05, 0) is 37.5 Å². The van der Waals surface area contributed by atoms with Crippen LogP contribution in [0.3, 0.4) is 0 Å². The molecule has 4 nitrogen and oxygen atoms in total. The standard InChI is InChI=1S/C15H21ClN4/c1-3-12-10-15(20(4-2)19-12)14(18-17)9-11-7-5-6-8-13(11)16/h5-8,10,14,18H,3-4,9,17H2,1-2H3. The summed E-state index contributed by atoms with van der Waals surface area (Å²) in [6.07, 6.45) is 1.66. The van der Waals surface area contributed by atoms with Crippen molar-refractivity contribution in [2.45, 2.75) is 39.3 Å². The van der Waals surface area contributed by atoms with E-state index in [1.807, 2.05) is 28.9 Å². The number of nitrogens with zero attached hydrogens (tertiary/aromatic N) is 2. The molecule has 0 amide bonds. The lowest BCUT2D eigenvalue weighted by atomic mass is 10.0. The molecule has 3 N–H and O–H groups in total. The van der Waals surface area contributed by atoms with Crippen LogP contribution < -0.4 is 11.3 Å². The van der Waals surface area contributed by atoms with Gasteiger partial charge in [-0.2, -0.15) is 5.10 Å². The normalized spacial score (nSPS) is 12.6. The van der Waals surface area contributed by atoms with E-state index < -0.39 is 0 Å². The fourth-order valence-electron chi connectivity index (χ4n) is 2.33. The molecule has 1 heterocycles. The van der Waals surface area contributed by atoms with Gasteiger partial charge in [0.25, 0.3) is 0 Å². The van der Waals surface area contributed by atoms with Crippen molar-refractivity contribution in [3.63, 3.8) is 0 Å². The van der Waals surface area contributed by atoms with Crippen LogP contribution >= 0.6 is 11.6 Å². The third-order valence-electron chi connectivity index (χ3n) is 3.46. The fraction of sp³-hybridized carbons (Fsp3) is 0.400. The van der Waals surface area contributed by atoms with Crippen LogP contribution in [0.4, 0.5) is 0 Å². The Morgan fingerprint density at radius 2 is 2.10 bits per heavy atom. The summed E-state index contributed by atoms with van der Waals surface area (Å²) in [6.45, 7) is 5.01. The SMILES string of the molecule is CCc1cc(C(Cc2ccccc2Cl)NN)n(CC)n1. The highest BCUT2D eigenvalue weighted by molar-refractivity contribution is 6.31. The van der Waals surface area contributed by atoms with Gasteiger partial charge in [0.05, 0.1) is 17.4 Å². The molecule has 0 bridgehead atoms. The molecule has 0 aliphatic rings. The van der Waals surface area contributed by atoms with Gasteiger partial charge >= 0.3 is 0 Å². The zero-order valence-electron chi connectivity index (χ0n) is 11.9. The Bertz CT molecular complexity index is 565. The second kappa shape index (κ2) is 6.88. The molecule has 108 valence electrons. The lowest BCUT2D eigenvalue weighted by molar-refractivity contribution is 0.490. The maximum absolute atomic E-state index is 6.23. The van der Waals surface area contributed by atoms with E-state index >= 15 is 0 Å². The molecule has 0 spiro atoms. The molecular weight excluding hydrogens is 272 g/mol. The zero-order chi connectivity index (χ0) is 14.5. The quantitative estimate of drug-likeness (QED) is 0.636. The summed E-state index contributed by atoms with van der Waals surface area (Å²) in [4.78, 5) is 0. The van der Waals surface area contributed by atoms with Crippen LogP contribution in [0.1, 0.15) is 36.8 Å². The molecule has 0 aliphatic carbocycles. The van der Waals surface area contributed by atoms with Crippen LogP contribution in [-0.2, 0) is 19.4 Å². The predicted molar refractivity (Wildman–Crippen MR) is 82.5 cm³/mol. The molecule has 0 radical (unpaired) electrons. The topological polar surface area (TPSA) is 55.9 Å². The van der Waals surface area contributed by atoms with Crippen molar-refractivity contribution < 1.29 is 0 Å². The summed E-state index contributed by atoms with van der Waals surface area (Å²) in [5, 5.41) is 5.34. The van der Waals surface area contributed by atoms with Crippen molar-refractivity contribution in [2.24, 2.45) is 5.84 Å². The van der Waals surface area contributed by atoms with Gasteiger partial charge < -0.3 is 0 Å². The Kier molecular flexibility index (Phi) is 5.17. The van der Waals surface area contributed by atoms with Crippen LogP contribution in [0.5, 0.6) is 0 Å². The first-order valence-corrected chi connectivity index (χ1v) is 7.33. The molecule has 0 saturated carbocycles. The average Bonchev–Trinajstić information content (AvgIpc) is 2.89. The lowest BCUT2D eigenvalue weighted by Crippen LogP contribution is -2.31. The maximum Gasteiger partial charge on any atom is 0.0669 e. The number of halogens is 1. The molecule has 0 saturated heterocycles. The lowest BCUT2D eigenvalue weighted by Gasteiger charge is -2.17. The molecule has 20 heavy (non-hydrogen) atoms. The van der Waals surface area contributed by atoms with Crippen LogP contribution in [-0.4, -0.2) is 9.78 Å². The molecule has 0 aliphatic heterocycles. The number of aryl methyl sites for hydroxylation is 2. The molecular formula is C15H21ClN4. The Hall–Kier alpha value is -1.36. The Labute approximate surface area is 124 Å². The van der Waals surface area contributed by atoms with Crippen LogP contribution in [0.25, 0.3) is 0 Å². The summed E-state index contributed by atoms with van der Waals surface area (Å²) >= 11 is 6.23. The first-order chi connectivity index (χ1) is 9.69. The highest BCUT2D eigenvalue weighted by atomic mass is 35.5. The Balaban J connectivity index is 2.28. The van der Waals surface area contributed by atoms with E-state index in [0.717, 1.165) is 41.4 Å². The van der Waals surface area contributed by atoms with E-state index in [9.17, 15) is 0 Å². The smallest absolute Gasteiger partial charge is 0.0669 e. The monoisotopic (exact) mass is 292 g/mol. The first kappa shape index (κ1) is 15.0. The summed E-state index contributed by atoms with van der Waals surface area (Å²) in [7, 11) is 0. The van der Waals surface area contributed by atoms with E-state index in [-0.39, 0.29) is 6.04 Å².